The highest BCUT2D eigenvalue weighted by molar-refractivity contribution is 6.30. The van der Waals surface area contributed by atoms with Crippen molar-refractivity contribution in [3.63, 3.8) is 0 Å². The van der Waals surface area contributed by atoms with Crippen LogP contribution in [0.3, 0.4) is 0 Å². The van der Waals surface area contributed by atoms with Crippen LogP contribution >= 0.6 is 11.6 Å². The third kappa shape index (κ3) is 4.12. The van der Waals surface area contributed by atoms with Gasteiger partial charge in [0, 0.05) is 17.6 Å². The molecule has 1 rings (SSSR count). The monoisotopic (exact) mass is 241 g/mol. The molecule has 0 aliphatic heterocycles. The SMILES string of the molecule is CC(C)C(NC[C@H](C)O)c1ccc(Cl)cc1. The van der Waals surface area contributed by atoms with Crippen LogP contribution in [0.1, 0.15) is 32.4 Å². The molecule has 90 valence electrons. The Morgan fingerprint density at radius 3 is 2.19 bits per heavy atom. The van der Waals surface area contributed by atoms with Crippen molar-refractivity contribution in [2.75, 3.05) is 6.54 Å². The van der Waals surface area contributed by atoms with Gasteiger partial charge in [0.2, 0.25) is 0 Å². The van der Waals surface area contributed by atoms with Crippen LogP contribution in [0.5, 0.6) is 0 Å². The van der Waals surface area contributed by atoms with Gasteiger partial charge >= 0.3 is 0 Å². The standard InChI is InChI=1S/C13H20ClNO/c1-9(2)13(15-8-10(3)16)11-4-6-12(14)7-5-11/h4-7,9-10,13,15-16H,8H2,1-3H3/t10-,13?/m0/s1. The van der Waals surface area contributed by atoms with Crippen LogP contribution in [0.15, 0.2) is 24.3 Å². The second kappa shape index (κ2) is 6.24. The zero-order valence-corrected chi connectivity index (χ0v) is 10.8. The van der Waals surface area contributed by atoms with Gasteiger partial charge in [0.1, 0.15) is 0 Å². The molecule has 2 N–H and O–H groups in total. The molecule has 0 aliphatic rings. The Bertz CT molecular complexity index is 308. The van der Waals surface area contributed by atoms with Crippen molar-refractivity contribution in [3.8, 4) is 0 Å². The zero-order chi connectivity index (χ0) is 12.1. The fraction of sp³-hybridized carbons (Fsp3) is 0.538. The van der Waals surface area contributed by atoms with E-state index in [0.29, 0.717) is 12.5 Å². The summed E-state index contributed by atoms with van der Waals surface area (Å²) in [5.41, 5.74) is 1.21. The Kier molecular flexibility index (Phi) is 5.26. The molecule has 2 atom stereocenters. The molecule has 0 heterocycles. The van der Waals surface area contributed by atoms with E-state index >= 15 is 0 Å². The van der Waals surface area contributed by atoms with Gasteiger partial charge in [0.15, 0.2) is 0 Å². The minimum atomic E-state index is -0.325. The molecule has 3 heteroatoms. The van der Waals surface area contributed by atoms with Crippen molar-refractivity contribution >= 4 is 11.6 Å². The summed E-state index contributed by atoms with van der Waals surface area (Å²) < 4.78 is 0. The van der Waals surface area contributed by atoms with E-state index in [1.54, 1.807) is 6.92 Å². The lowest BCUT2D eigenvalue weighted by Gasteiger charge is -2.23. The quantitative estimate of drug-likeness (QED) is 0.831. The molecule has 0 saturated carbocycles. The van der Waals surface area contributed by atoms with Crippen LogP contribution in [0.4, 0.5) is 0 Å². The van der Waals surface area contributed by atoms with E-state index in [9.17, 15) is 5.11 Å². The van der Waals surface area contributed by atoms with E-state index < -0.39 is 0 Å². The molecule has 0 radical (unpaired) electrons. The van der Waals surface area contributed by atoms with Crippen LogP contribution in [0.2, 0.25) is 5.02 Å². The maximum absolute atomic E-state index is 9.29. The molecule has 2 nitrogen and oxygen atoms in total. The second-order valence-electron chi connectivity index (χ2n) is 4.53. The molecule has 0 spiro atoms. The highest BCUT2D eigenvalue weighted by Gasteiger charge is 2.15. The van der Waals surface area contributed by atoms with Gasteiger partial charge in [0.05, 0.1) is 6.10 Å². The fourth-order valence-corrected chi connectivity index (χ4v) is 1.83. The molecule has 0 aliphatic carbocycles. The Hall–Kier alpha value is -0.570. The Morgan fingerprint density at radius 2 is 1.75 bits per heavy atom. The number of aliphatic hydroxyl groups is 1. The molecule has 1 unspecified atom stereocenters. The lowest BCUT2D eigenvalue weighted by Crippen LogP contribution is -2.31. The number of hydrogen-bond donors (Lipinski definition) is 2. The first-order valence-corrected chi connectivity index (χ1v) is 6.05. The van der Waals surface area contributed by atoms with Crippen molar-refractivity contribution in [1.29, 1.82) is 0 Å². The van der Waals surface area contributed by atoms with Crippen LogP contribution in [0.25, 0.3) is 0 Å². The van der Waals surface area contributed by atoms with Gasteiger partial charge in [-0.3, -0.25) is 0 Å². The predicted octanol–water partition coefficient (Wildman–Crippen LogP) is 3.01. The summed E-state index contributed by atoms with van der Waals surface area (Å²) in [7, 11) is 0. The Morgan fingerprint density at radius 1 is 1.19 bits per heavy atom. The molecule has 0 amide bonds. The third-order valence-electron chi connectivity index (χ3n) is 2.53. The Labute approximate surface area is 103 Å². The fourth-order valence-electron chi connectivity index (χ4n) is 1.71. The molecule has 0 fully saturated rings. The van der Waals surface area contributed by atoms with Crippen LogP contribution in [0, 0.1) is 5.92 Å². The zero-order valence-electron chi connectivity index (χ0n) is 10.1. The van der Waals surface area contributed by atoms with E-state index in [0.717, 1.165) is 5.02 Å². The maximum atomic E-state index is 9.29. The van der Waals surface area contributed by atoms with Gasteiger partial charge in [-0.05, 0) is 30.5 Å². The summed E-state index contributed by atoms with van der Waals surface area (Å²) in [4.78, 5) is 0. The average molecular weight is 242 g/mol. The van der Waals surface area contributed by atoms with Gasteiger partial charge in [-0.1, -0.05) is 37.6 Å². The van der Waals surface area contributed by atoms with Crippen molar-refractivity contribution in [2.24, 2.45) is 5.92 Å². The van der Waals surface area contributed by atoms with Crippen LogP contribution in [-0.2, 0) is 0 Å². The summed E-state index contributed by atoms with van der Waals surface area (Å²) in [6.45, 7) is 6.71. The average Bonchev–Trinajstić information content (AvgIpc) is 2.20. The smallest absolute Gasteiger partial charge is 0.0636 e. The van der Waals surface area contributed by atoms with Crippen LogP contribution in [-0.4, -0.2) is 17.8 Å². The highest BCUT2D eigenvalue weighted by atomic mass is 35.5. The Balaban J connectivity index is 2.73. The molecule has 0 bridgehead atoms. The second-order valence-corrected chi connectivity index (χ2v) is 4.97. The number of nitrogens with one attached hydrogen (secondary N) is 1. The molecule has 16 heavy (non-hydrogen) atoms. The van der Waals surface area contributed by atoms with Crippen LogP contribution < -0.4 is 5.32 Å². The molecule has 1 aromatic carbocycles. The lowest BCUT2D eigenvalue weighted by atomic mass is 9.96. The van der Waals surface area contributed by atoms with Gasteiger partial charge in [0.25, 0.3) is 0 Å². The minimum Gasteiger partial charge on any atom is -0.392 e. The first kappa shape index (κ1) is 13.5. The summed E-state index contributed by atoms with van der Waals surface area (Å²) >= 11 is 5.86. The van der Waals surface area contributed by atoms with Crippen molar-refractivity contribution in [2.45, 2.75) is 32.9 Å². The number of rotatable bonds is 5. The third-order valence-corrected chi connectivity index (χ3v) is 2.78. The van der Waals surface area contributed by atoms with Crippen molar-refractivity contribution in [1.82, 2.24) is 5.32 Å². The first-order valence-electron chi connectivity index (χ1n) is 5.67. The van der Waals surface area contributed by atoms with Gasteiger partial charge in [-0.15, -0.1) is 0 Å². The number of benzene rings is 1. The summed E-state index contributed by atoms with van der Waals surface area (Å²) in [6.07, 6.45) is -0.325. The van der Waals surface area contributed by atoms with E-state index in [2.05, 4.69) is 19.2 Å². The minimum absolute atomic E-state index is 0.256. The molecular weight excluding hydrogens is 222 g/mol. The van der Waals surface area contributed by atoms with Crippen molar-refractivity contribution in [3.05, 3.63) is 34.9 Å². The largest absolute Gasteiger partial charge is 0.392 e. The summed E-state index contributed by atoms with van der Waals surface area (Å²) in [5.74, 6) is 0.472. The summed E-state index contributed by atoms with van der Waals surface area (Å²) in [6, 6.07) is 8.11. The number of hydrogen-bond acceptors (Lipinski definition) is 2. The summed E-state index contributed by atoms with van der Waals surface area (Å²) in [5, 5.41) is 13.4. The molecule has 0 saturated heterocycles. The molecular formula is C13H20ClNO. The number of halogens is 1. The van der Waals surface area contributed by atoms with E-state index in [4.69, 9.17) is 11.6 Å². The molecule has 1 aromatic rings. The van der Waals surface area contributed by atoms with Gasteiger partial charge in [-0.25, -0.2) is 0 Å². The lowest BCUT2D eigenvalue weighted by molar-refractivity contribution is 0.181. The van der Waals surface area contributed by atoms with Gasteiger partial charge < -0.3 is 10.4 Å². The molecule has 0 aromatic heterocycles. The first-order chi connectivity index (χ1) is 7.50. The highest BCUT2D eigenvalue weighted by Crippen LogP contribution is 2.23. The van der Waals surface area contributed by atoms with Crippen molar-refractivity contribution < 1.29 is 5.11 Å². The van der Waals surface area contributed by atoms with E-state index in [1.807, 2.05) is 24.3 Å². The predicted molar refractivity (Wildman–Crippen MR) is 68.7 cm³/mol. The maximum Gasteiger partial charge on any atom is 0.0636 e. The number of aliphatic hydroxyl groups excluding tert-OH is 1. The van der Waals surface area contributed by atoms with Gasteiger partial charge in [-0.2, -0.15) is 0 Å². The van der Waals surface area contributed by atoms with E-state index in [-0.39, 0.29) is 12.1 Å². The van der Waals surface area contributed by atoms with E-state index in [1.165, 1.54) is 5.56 Å². The topological polar surface area (TPSA) is 32.3 Å². The normalized spacial score (nSPS) is 15.1.